The molecule has 1 aromatic rings. The number of methoxy groups -OCH3 is 1. The Bertz CT molecular complexity index is 477. The van der Waals surface area contributed by atoms with Gasteiger partial charge in [-0.25, -0.2) is 4.99 Å². The third kappa shape index (κ3) is 3.82. The van der Waals surface area contributed by atoms with E-state index >= 15 is 0 Å². The lowest BCUT2D eigenvalue weighted by Crippen LogP contribution is -2.73. The fraction of sp³-hybridized carbons (Fsp3) is 0.188. The lowest BCUT2D eigenvalue weighted by molar-refractivity contribution is -0.459. The van der Waals surface area contributed by atoms with Crippen LogP contribution in [0.15, 0.2) is 60.2 Å². The van der Waals surface area contributed by atoms with Gasteiger partial charge in [0.1, 0.15) is 6.61 Å². The number of ether oxygens (including phenoxy) is 1. The quantitative estimate of drug-likeness (QED) is 0.789. The first-order valence-electron chi connectivity index (χ1n) is 6.11. The second-order valence-corrected chi connectivity index (χ2v) is 4.10. The van der Waals surface area contributed by atoms with Crippen molar-refractivity contribution in [2.75, 3.05) is 20.3 Å². The molecule has 2 heteroatoms. The molecule has 1 aliphatic rings. The summed E-state index contributed by atoms with van der Waals surface area (Å²) in [7, 11) is 1.71. The first-order chi connectivity index (χ1) is 8.88. The average molecular weight is 240 g/mol. The van der Waals surface area contributed by atoms with E-state index in [4.69, 9.17) is 4.74 Å². The summed E-state index contributed by atoms with van der Waals surface area (Å²) in [6.07, 6.45) is 10.6. The third-order valence-electron chi connectivity index (χ3n) is 2.68. The molecule has 1 N–H and O–H groups in total. The smallest absolute Gasteiger partial charge is 0.198 e. The van der Waals surface area contributed by atoms with E-state index in [9.17, 15) is 0 Å². The average Bonchev–Trinajstić information content (AvgIpc) is 2.42. The van der Waals surface area contributed by atoms with Crippen LogP contribution in [0, 0.1) is 0 Å². The van der Waals surface area contributed by atoms with E-state index < -0.39 is 0 Å². The van der Waals surface area contributed by atoms with Crippen LogP contribution in [-0.4, -0.2) is 26.0 Å². The van der Waals surface area contributed by atoms with Gasteiger partial charge in [0.15, 0.2) is 12.3 Å². The maximum Gasteiger partial charge on any atom is 0.198 e. The number of nitrogens with one attached hydrogen (secondary N) is 1. The first kappa shape index (κ1) is 12.5. The zero-order chi connectivity index (χ0) is 12.6. The van der Waals surface area contributed by atoms with Crippen LogP contribution in [0.5, 0.6) is 0 Å². The Morgan fingerprint density at radius 2 is 1.78 bits per heavy atom. The number of hydrogen-bond acceptors (Lipinski definition) is 1. The number of benzene rings is 1. The van der Waals surface area contributed by atoms with Gasteiger partial charge in [0, 0.05) is 19.3 Å². The molecule has 1 aromatic carbocycles. The number of allylic oxidation sites excluding steroid dienone is 5. The number of hydrogen-bond donors (Lipinski definition) is 1. The molecule has 0 unspecified atom stereocenters. The third-order valence-corrected chi connectivity index (χ3v) is 2.68. The molecule has 0 aromatic heterocycles. The topological polar surface area (TPSA) is 23.2 Å². The minimum Gasteiger partial charge on any atom is -0.378 e. The van der Waals surface area contributed by atoms with Gasteiger partial charge < -0.3 is 4.74 Å². The summed E-state index contributed by atoms with van der Waals surface area (Å²) in [5.74, 6) is 0. The molecule has 0 fully saturated rings. The Kier molecular flexibility index (Phi) is 4.68. The fourth-order valence-corrected chi connectivity index (χ4v) is 1.74. The van der Waals surface area contributed by atoms with E-state index in [0.717, 1.165) is 18.9 Å². The zero-order valence-corrected chi connectivity index (χ0v) is 10.6. The predicted molar refractivity (Wildman–Crippen MR) is 75.4 cm³/mol. The van der Waals surface area contributed by atoms with Crippen molar-refractivity contribution in [1.82, 2.24) is 0 Å². The van der Waals surface area contributed by atoms with Gasteiger partial charge >= 0.3 is 0 Å². The van der Waals surface area contributed by atoms with Crippen molar-refractivity contribution in [3.8, 4) is 0 Å². The highest BCUT2D eigenvalue weighted by Crippen LogP contribution is 2.11. The first-order valence-corrected chi connectivity index (χ1v) is 6.11. The van der Waals surface area contributed by atoms with Gasteiger partial charge in [-0.05, 0) is 29.4 Å². The molecule has 92 valence electrons. The summed E-state index contributed by atoms with van der Waals surface area (Å²) in [6, 6.07) is 10.3. The van der Waals surface area contributed by atoms with Crippen LogP contribution in [0.4, 0.5) is 0 Å². The molecule has 0 atom stereocenters. The van der Waals surface area contributed by atoms with Gasteiger partial charge in [0.25, 0.3) is 0 Å². The van der Waals surface area contributed by atoms with Gasteiger partial charge in [-0.2, -0.15) is 0 Å². The van der Waals surface area contributed by atoms with Crippen molar-refractivity contribution in [3.05, 3.63) is 65.8 Å². The van der Waals surface area contributed by atoms with Crippen molar-refractivity contribution in [2.45, 2.75) is 0 Å². The maximum absolute atomic E-state index is 5.00. The van der Waals surface area contributed by atoms with E-state index in [-0.39, 0.29) is 0 Å². The molecule has 0 amide bonds. The maximum atomic E-state index is 5.00. The van der Waals surface area contributed by atoms with Gasteiger partial charge in [-0.3, -0.25) is 0 Å². The highest BCUT2D eigenvalue weighted by Gasteiger charge is 2.02. The van der Waals surface area contributed by atoms with Gasteiger partial charge in [0.05, 0.1) is 0 Å². The van der Waals surface area contributed by atoms with Crippen LogP contribution >= 0.6 is 0 Å². The van der Waals surface area contributed by atoms with Crippen LogP contribution in [0.25, 0.3) is 6.08 Å². The molecule has 2 rings (SSSR count). The van der Waals surface area contributed by atoms with Crippen molar-refractivity contribution in [2.24, 2.45) is 0 Å². The molecule has 0 saturated heterocycles. The lowest BCUT2D eigenvalue weighted by Gasteiger charge is -2.00. The molecule has 18 heavy (non-hydrogen) atoms. The lowest BCUT2D eigenvalue weighted by atomic mass is 10.1. The van der Waals surface area contributed by atoms with Crippen LogP contribution in [-0.2, 0) is 4.74 Å². The van der Waals surface area contributed by atoms with Crippen LogP contribution in [0.2, 0.25) is 0 Å². The van der Waals surface area contributed by atoms with Crippen molar-refractivity contribution < 1.29 is 9.73 Å². The second-order valence-electron chi connectivity index (χ2n) is 4.10. The van der Waals surface area contributed by atoms with Gasteiger partial charge in [-0.1, -0.05) is 30.3 Å². The minimum absolute atomic E-state index is 0.720. The summed E-state index contributed by atoms with van der Waals surface area (Å²) in [6.45, 7) is 1.55. The molecule has 1 aliphatic carbocycles. The summed E-state index contributed by atoms with van der Waals surface area (Å²) in [5, 5.41) is 0. The SMILES string of the molecule is COCC[NH+]=C1C=CC(=Cc2ccccc2)C=C1. The molecular formula is C16H18NO+. The number of rotatable bonds is 4. The summed E-state index contributed by atoms with van der Waals surface area (Å²) < 4.78 is 5.00. The van der Waals surface area contributed by atoms with Crippen molar-refractivity contribution in [1.29, 1.82) is 0 Å². The van der Waals surface area contributed by atoms with E-state index in [0.29, 0.717) is 0 Å². The zero-order valence-electron chi connectivity index (χ0n) is 10.6. The summed E-state index contributed by atoms with van der Waals surface area (Å²) in [4.78, 5) is 3.30. The molecule has 0 heterocycles. The summed E-state index contributed by atoms with van der Waals surface area (Å²) in [5.41, 5.74) is 3.55. The highest BCUT2D eigenvalue weighted by atomic mass is 16.5. The summed E-state index contributed by atoms with van der Waals surface area (Å²) >= 11 is 0. The normalized spacial score (nSPS) is 13.8. The molecular weight excluding hydrogens is 222 g/mol. The Labute approximate surface area is 108 Å². The van der Waals surface area contributed by atoms with Gasteiger partial charge in [-0.15, -0.1) is 0 Å². The Morgan fingerprint density at radius 3 is 2.44 bits per heavy atom. The Balaban J connectivity index is 2.01. The van der Waals surface area contributed by atoms with Crippen molar-refractivity contribution >= 4 is 11.8 Å². The standard InChI is InChI=1S/C16H17NO/c1-18-12-11-17-16-9-7-15(8-10-16)13-14-5-3-2-4-6-14/h2-10,13H,11-12H2,1H3/p+1. The molecule has 0 spiro atoms. The van der Waals surface area contributed by atoms with Crippen LogP contribution < -0.4 is 4.99 Å². The Hall–Kier alpha value is -1.93. The van der Waals surface area contributed by atoms with Crippen LogP contribution in [0.1, 0.15) is 5.56 Å². The second kappa shape index (κ2) is 6.72. The van der Waals surface area contributed by atoms with E-state index in [1.54, 1.807) is 7.11 Å². The molecule has 0 aliphatic heterocycles. The fourth-order valence-electron chi connectivity index (χ4n) is 1.74. The van der Waals surface area contributed by atoms with E-state index in [1.165, 1.54) is 11.1 Å². The molecule has 2 nitrogen and oxygen atoms in total. The monoisotopic (exact) mass is 240 g/mol. The highest BCUT2D eigenvalue weighted by molar-refractivity contribution is 6.02. The molecule has 0 saturated carbocycles. The molecule has 0 bridgehead atoms. The van der Waals surface area contributed by atoms with Crippen LogP contribution in [0.3, 0.4) is 0 Å². The van der Waals surface area contributed by atoms with E-state index in [1.807, 2.05) is 18.2 Å². The van der Waals surface area contributed by atoms with Gasteiger partial charge in [0.2, 0.25) is 0 Å². The predicted octanol–water partition coefficient (Wildman–Crippen LogP) is 1.36. The minimum atomic E-state index is 0.720. The Morgan fingerprint density at radius 1 is 1.06 bits per heavy atom. The molecule has 0 radical (unpaired) electrons. The van der Waals surface area contributed by atoms with E-state index in [2.05, 4.69) is 47.5 Å². The largest absolute Gasteiger partial charge is 0.378 e. The van der Waals surface area contributed by atoms with Crippen molar-refractivity contribution in [3.63, 3.8) is 0 Å².